The van der Waals surface area contributed by atoms with Gasteiger partial charge in [-0.2, -0.15) is 0 Å². The number of hydrogen-bond donors (Lipinski definition) is 3. The molecule has 0 saturated heterocycles. The Morgan fingerprint density at radius 2 is 1.48 bits per heavy atom. The largest absolute Gasteiger partial charge is 0.328 e. The summed E-state index contributed by atoms with van der Waals surface area (Å²) in [5.74, 6) is -2.33. The van der Waals surface area contributed by atoms with Crippen LogP contribution in [0.3, 0.4) is 0 Å². The van der Waals surface area contributed by atoms with Crippen molar-refractivity contribution in [2.24, 2.45) is 0 Å². The molecule has 0 fully saturated rings. The minimum atomic E-state index is -0.956. The second-order valence-electron chi connectivity index (χ2n) is 7.29. The Hall–Kier alpha value is -3.81. The summed E-state index contributed by atoms with van der Waals surface area (Å²) in [4.78, 5) is 38.1. The Morgan fingerprint density at radius 1 is 0.758 bits per heavy atom. The summed E-state index contributed by atoms with van der Waals surface area (Å²) in [7, 11) is 0. The van der Waals surface area contributed by atoms with Gasteiger partial charge in [0.1, 0.15) is 5.69 Å². The van der Waals surface area contributed by atoms with Gasteiger partial charge in [0, 0.05) is 26.8 Å². The Morgan fingerprint density at radius 3 is 2.21 bits per heavy atom. The van der Waals surface area contributed by atoms with Crippen molar-refractivity contribution in [3.05, 3.63) is 94.1 Å². The molecule has 4 aromatic rings. The van der Waals surface area contributed by atoms with Crippen LogP contribution in [0.4, 0.5) is 11.4 Å². The van der Waals surface area contributed by atoms with E-state index in [1.54, 1.807) is 54.6 Å². The van der Waals surface area contributed by atoms with E-state index in [0.717, 1.165) is 5.56 Å². The van der Waals surface area contributed by atoms with Gasteiger partial charge in [-0.1, -0.05) is 35.3 Å². The first-order valence-electron chi connectivity index (χ1n) is 9.87. The highest BCUT2D eigenvalue weighted by Gasteiger charge is 2.21. The third-order valence-electron chi connectivity index (χ3n) is 4.79. The smallest absolute Gasteiger partial charge is 0.321 e. The SMILES string of the molecule is Cc1cccc(NC(=O)c2cc3cc(Cl)ccc3n2NC(=O)C(=O)Nc2ccc(Cl)cc2)c1. The van der Waals surface area contributed by atoms with Crippen LogP contribution < -0.4 is 16.1 Å². The number of nitrogens with one attached hydrogen (secondary N) is 3. The number of aryl methyl sites for hydroxylation is 1. The van der Waals surface area contributed by atoms with E-state index in [4.69, 9.17) is 23.2 Å². The van der Waals surface area contributed by atoms with Crippen molar-refractivity contribution < 1.29 is 14.4 Å². The number of rotatable bonds is 4. The van der Waals surface area contributed by atoms with Crippen molar-refractivity contribution in [1.82, 2.24) is 4.68 Å². The number of amides is 3. The molecule has 0 aliphatic carbocycles. The summed E-state index contributed by atoms with van der Waals surface area (Å²) >= 11 is 11.9. The van der Waals surface area contributed by atoms with Gasteiger partial charge < -0.3 is 10.6 Å². The highest BCUT2D eigenvalue weighted by molar-refractivity contribution is 6.42. The third-order valence-corrected chi connectivity index (χ3v) is 5.28. The van der Waals surface area contributed by atoms with Crippen LogP contribution in [0.2, 0.25) is 10.0 Å². The number of carbonyl (C=O) groups is 3. The summed E-state index contributed by atoms with van der Waals surface area (Å²) in [5, 5.41) is 6.88. The van der Waals surface area contributed by atoms with Gasteiger partial charge in [0.2, 0.25) is 0 Å². The molecule has 0 radical (unpaired) electrons. The van der Waals surface area contributed by atoms with Crippen molar-refractivity contribution in [1.29, 1.82) is 0 Å². The molecule has 0 bridgehead atoms. The first kappa shape index (κ1) is 22.4. The van der Waals surface area contributed by atoms with Crippen LogP contribution in [-0.2, 0) is 9.59 Å². The molecule has 1 aromatic heterocycles. The van der Waals surface area contributed by atoms with E-state index in [2.05, 4.69) is 16.1 Å². The van der Waals surface area contributed by atoms with E-state index in [9.17, 15) is 14.4 Å². The number of nitrogens with zero attached hydrogens (tertiary/aromatic N) is 1. The summed E-state index contributed by atoms with van der Waals surface area (Å²) < 4.78 is 1.26. The van der Waals surface area contributed by atoms with Gasteiger partial charge in [-0.25, -0.2) is 4.68 Å². The van der Waals surface area contributed by atoms with Gasteiger partial charge in [-0.15, -0.1) is 0 Å². The maximum Gasteiger partial charge on any atom is 0.328 e. The fourth-order valence-corrected chi connectivity index (χ4v) is 3.57. The molecule has 4 rings (SSSR count). The molecule has 9 heteroatoms. The third kappa shape index (κ3) is 5.16. The number of halogens is 2. The fraction of sp³-hybridized carbons (Fsp3) is 0.0417. The Bertz CT molecular complexity index is 1380. The van der Waals surface area contributed by atoms with Gasteiger partial charge in [0.15, 0.2) is 0 Å². The highest BCUT2D eigenvalue weighted by atomic mass is 35.5. The second kappa shape index (κ2) is 9.36. The highest BCUT2D eigenvalue weighted by Crippen LogP contribution is 2.24. The molecule has 0 unspecified atom stereocenters. The first-order valence-corrected chi connectivity index (χ1v) is 10.6. The predicted molar refractivity (Wildman–Crippen MR) is 131 cm³/mol. The van der Waals surface area contributed by atoms with Crippen molar-refractivity contribution in [2.45, 2.75) is 6.92 Å². The van der Waals surface area contributed by atoms with E-state index >= 15 is 0 Å². The molecule has 3 amide bonds. The maximum atomic E-state index is 13.0. The molecule has 0 saturated carbocycles. The first-order chi connectivity index (χ1) is 15.8. The zero-order chi connectivity index (χ0) is 23.5. The number of hydrogen-bond acceptors (Lipinski definition) is 3. The van der Waals surface area contributed by atoms with Gasteiger partial charge in [0.25, 0.3) is 5.91 Å². The van der Waals surface area contributed by atoms with Crippen molar-refractivity contribution in [2.75, 3.05) is 16.1 Å². The molecule has 7 nitrogen and oxygen atoms in total. The second-order valence-corrected chi connectivity index (χ2v) is 8.17. The van der Waals surface area contributed by atoms with Crippen molar-refractivity contribution in [3.8, 4) is 0 Å². The summed E-state index contributed by atoms with van der Waals surface area (Å²) in [6.07, 6.45) is 0. The lowest BCUT2D eigenvalue weighted by atomic mass is 10.2. The maximum absolute atomic E-state index is 13.0. The molecule has 0 spiro atoms. The summed E-state index contributed by atoms with van der Waals surface area (Å²) in [5.41, 5.74) is 5.11. The van der Waals surface area contributed by atoms with Crippen LogP contribution in [0.15, 0.2) is 72.8 Å². The molecule has 3 aromatic carbocycles. The number of anilines is 2. The van der Waals surface area contributed by atoms with Gasteiger partial charge in [-0.3, -0.25) is 19.8 Å². The molecule has 33 heavy (non-hydrogen) atoms. The molecule has 166 valence electrons. The zero-order valence-electron chi connectivity index (χ0n) is 17.4. The van der Waals surface area contributed by atoms with Crippen LogP contribution in [0.1, 0.15) is 16.1 Å². The van der Waals surface area contributed by atoms with Crippen molar-refractivity contribution >= 4 is 63.2 Å². The molecular formula is C24H18Cl2N4O3. The Labute approximate surface area is 199 Å². The standard InChI is InChI=1S/C24H18Cl2N4O3/c1-14-3-2-4-19(11-14)28-22(31)21-13-15-12-17(26)7-10-20(15)30(21)29-24(33)23(32)27-18-8-5-16(25)6-9-18/h2-13H,1H3,(H,27,32)(H,28,31)(H,29,33). The van der Waals surface area contributed by atoms with E-state index < -0.39 is 17.7 Å². The number of aromatic nitrogens is 1. The molecular weight excluding hydrogens is 463 g/mol. The molecule has 0 aliphatic rings. The van der Waals surface area contributed by atoms with E-state index in [0.29, 0.717) is 32.3 Å². The number of benzene rings is 3. The topological polar surface area (TPSA) is 92.2 Å². The van der Waals surface area contributed by atoms with Gasteiger partial charge in [0.05, 0.1) is 5.52 Å². The summed E-state index contributed by atoms with van der Waals surface area (Å²) in [6, 6.07) is 20.2. The molecule has 0 atom stereocenters. The lowest BCUT2D eigenvalue weighted by Gasteiger charge is -2.13. The molecule has 0 aliphatic heterocycles. The Balaban J connectivity index is 1.62. The van der Waals surface area contributed by atoms with Crippen LogP contribution in [0, 0.1) is 6.92 Å². The molecule has 3 N–H and O–H groups in total. The van der Waals surface area contributed by atoms with E-state index in [1.165, 1.54) is 4.68 Å². The van der Waals surface area contributed by atoms with E-state index in [-0.39, 0.29) is 5.69 Å². The number of fused-ring (bicyclic) bond motifs is 1. The predicted octanol–water partition coefficient (Wildman–Crippen LogP) is 5.22. The van der Waals surface area contributed by atoms with E-state index in [1.807, 2.05) is 25.1 Å². The normalized spacial score (nSPS) is 10.6. The minimum Gasteiger partial charge on any atom is -0.321 e. The van der Waals surface area contributed by atoms with Gasteiger partial charge >= 0.3 is 11.8 Å². The van der Waals surface area contributed by atoms with Crippen LogP contribution in [0.5, 0.6) is 0 Å². The van der Waals surface area contributed by atoms with Crippen LogP contribution >= 0.6 is 23.2 Å². The molecule has 1 heterocycles. The average Bonchev–Trinajstić information content (AvgIpc) is 3.12. The quantitative estimate of drug-likeness (QED) is 0.349. The zero-order valence-corrected chi connectivity index (χ0v) is 18.9. The monoisotopic (exact) mass is 480 g/mol. The van der Waals surface area contributed by atoms with Gasteiger partial charge in [-0.05, 0) is 73.2 Å². The van der Waals surface area contributed by atoms with Crippen LogP contribution in [-0.4, -0.2) is 22.4 Å². The lowest BCUT2D eigenvalue weighted by molar-refractivity contribution is -0.133. The summed E-state index contributed by atoms with van der Waals surface area (Å²) in [6.45, 7) is 1.91. The Kier molecular flexibility index (Phi) is 6.35. The fourth-order valence-electron chi connectivity index (χ4n) is 3.27. The lowest BCUT2D eigenvalue weighted by Crippen LogP contribution is -2.36. The van der Waals surface area contributed by atoms with Crippen LogP contribution in [0.25, 0.3) is 10.9 Å². The average molecular weight is 481 g/mol. The number of carbonyl (C=O) groups excluding carboxylic acids is 3. The van der Waals surface area contributed by atoms with Crippen molar-refractivity contribution in [3.63, 3.8) is 0 Å². The minimum absolute atomic E-state index is 0.126.